The first-order valence-electron chi connectivity index (χ1n) is 8.45. The zero-order chi connectivity index (χ0) is 20.7. The maximum atomic E-state index is 13.1. The van der Waals surface area contributed by atoms with Crippen LogP contribution in [0.5, 0.6) is 0 Å². The van der Waals surface area contributed by atoms with Crippen molar-refractivity contribution in [2.45, 2.75) is 25.7 Å². The Bertz CT molecular complexity index is 909. The third kappa shape index (κ3) is 5.75. The first-order valence-corrected chi connectivity index (χ1v) is 9.33. The van der Waals surface area contributed by atoms with Gasteiger partial charge in [0.2, 0.25) is 5.91 Å². The number of amides is 1. The molecule has 0 spiro atoms. The number of benzene rings is 2. The smallest absolute Gasteiger partial charge is 0.248 e. The van der Waals surface area contributed by atoms with Crippen molar-refractivity contribution in [3.05, 3.63) is 59.4 Å². The number of nitrogens with two attached hydrogens (primary N) is 1. The van der Waals surface area contributed by atoms with Crippen LogP contribution in [0.1, 0.15) is 31.4 Å². The third-order valence-corrected chi connectivity index (χ3v) is 4.57. The lowest BCUT2D eigenvalue weighted by Crippen LogP contribution is -2.22. The van der Waals surface area contributed by atoms with E-state index in [1.165, 1.54) is 18.3 Å². The van der Waals surface area contributed by atoms with Gasteiger partial charge < -0.3 is 21.9 Å². The van der Waals surface area contributed by atoms with E-state index in [4.69, 9.17) is 16.6 Å². The Balaban J connectivity index is 2.22. The molecule has 0 fully saturated rings. The summed E-state index contributed by atoms with van der Waals surface area (Å²) in [5, 5.41) is 17.9. The summed E-state index contributed by atoms with van der Waals surface area (Å²) < 4.78 is 13.1. The van der Waals surface area contributed by atoms with Gasteiger partial charge in [0.1, 0.15) is 5.82 Å². The summed E-state index contributed by atoms with van der Waals surface area (Å²) in [5.74, 6) is -0.691. The normalized spacial score (nSPS) is 11.8. The molecule has 28 heavy (non-hydrogen) atoms. The van der Waals surface area contributed by atoms with E-state index in [-0.39, 0.29) is 23.3 Å². The molecule has 8 heteroatoms. The van der Waals surface area contributed by atoms with Gasteiger partial charge in [-0.3, -0.25) is 4.79 Å². The lowest BCUT2D eigenvalue weighted by Gasteiger charge is -2.25. The quantitative estimate of drug-likeness (QED) is 0.407. The molecule has 0 aliphatic heterocycles. The van der Waals surface area contributed by atoms with Crippen LogP contribution in [0.3, 0.4) is 0 Å². The molecular weight excluding hydrogens is 377 g/mol. The fourth-order valence-corrected chi connectivity index (χ4v) is 2.91. The molecule has 0 unspecified atom stereocenters. The number of hydrogen-bond donors (Lipinski definition) is 4. The number of nitrogens with one attached hydrogen (secondary N) is 3. The molecule has 0 aromatic heterocycles. The SMILES string of the molecule is CC(C)(CC(=O)N=C(N)SC=N)c1ccc(Nc2ccc(F)cc2)c(C=N)c1. The van der Waals surface area contributed by atoms with Crippen LogP contribution in [0.2, 0.25) is 0 Å². The standard InChI is InChI=1S/C20H22FN5OS/c1-20(2,10-18(27)26-19(24)28-12-23)14-3-8-17(13(9-14)11-22)25-16-6-4-15(21)5-7-16/h3-9,11-12,22-23,25H,10H2,1-2H3,(H2,24,26,27). The molecular formula is C20H22FN5OS. The minimum atomic E-state index is -0.525. The maximum absolute atomic E-state index is 13.1. The van der Waals surface area contributed by atoms with Crippen molar-refractivity contribution in [2.75, 3.05) is 5.32 Å². The summed E-state index contributed by atoms with van der Waals surface area (Å²) in [5.41, 5.74) is 8.99. The summed E-state index contributed by atoms with van der Waals surface area (Å²) in [6.45, 7) is 3.83. The summed E-state index contributed by atoms with van der Waals surface area (Å²) in [6.07, 6.45) is 1.36. The van der Waals surface area contributed by atoms with Gasteiger partial charge in [-0.2, -0.15) is 4.99 Å². The number of nitrogens with zero attached hydrogens (tertiary/aromatic N) is 1. The van der Waals surface area contributed by atoms with E-state index in [9.17, 15) is 9.18 Å². The van der Waals surface area contributed by atoms with Gasteiger partial charge in [-0.1, -0.05) is 19.9 Å². The number of rotatable bonds is 7. The minimum Gasteiger partial charge on any atom is -0.378 e. The van der Waals surface area contributed by atoms with Crippen molar-refractivity contribution >= 4 is 46.0 Å². The minimum absolute atomic E-state index is 0.0369. The Kier molecular flexibility index (Phi) is 7.06. The summed E-state index contributed by atoms with van der Waals surface area (Å²) >= 11 is 0.878. The number of thioether (sulfide) groups is 1. The first-order chi connectivity index (χ1) is 13.2. The Labute approximate surface area is 167 Å². The summed E-state index contributed by atoms with van der Waals surface area (Å²) in [4.78, 5) is 15.9. The Morgan fingerprint density at radius 2 is 1.93 bits per heavy atom. The second-order valence-electron chi connectivity index (χ2n) is 6.72. The molecule has 1 amide bonds. The van der Waals surface area contributed by atoms with Crippen molar-refractivity contribution in [1.82, 2.24) is 0 Å². The number of halogens is 1. The predicted molar refractivity (Wildman–Crippen MR) is 115 cm³/mol. The molecule has 0 saturated heterocycles. The number of carbonyl (C=O) groups is 1. The van der Waals surface area contributed by atoms with Gasteiger partial charge >= 0.3 is 0 Å². The van der Waals surface area contributed by atoms with E-state index >= 15 is 0 Å². The highest BCUT2D eigenvalue weighted by Gasteiger charge is 2.25. The molecule has 0 atom stereocenters. The number of hydrogen-bond acceptors (Lipinski definition) is 5. The fourth-order valence-electron chi connectivity index (χ4n) is 2.63. The van der Waals surface area contributed by atoms with Gasteiger partial charge in [-0.15, -0.1) is 0 Å². The van der Waals surface area contributed by atoms with Crippen molar-refractivity contribution in [2.24, 2.45) is 10.7 Å². The van der Waals surface area contributed by atoms with Gasteiger partial charge in [0.25, 0.3) is 0 Å². The maximum Gasteiger partial charge on any atom is 0.248 e. The van der Waals surface area contributed by atoms with Gasteiger partial charge in [-0.05, 0) is 59.1 Å². The molecule has 0 saturated carbocycles. The molecule has 0 heterocycles. The third-order valence-electron chi connectivity index (χ3n) is 4.12. The zero-order valence-electron chi connectivity index (χ0n) is 15.6. The van der Waals surface area contributed by atoms with Crippen LogP contribution in [-0.4, -0.2) is 22.8 Å². The van der Waals surface area contributed by atoms with Crippen molar-refractivity contribution < 1.29 is 9.18 Å². The topological polar surface area (TPSA) is 115 Å². The van der Waals surface area contributed by atoms with E-state index in [2.05, 4.69) is 10.3 Å². The second-order valence-corrected chi connectivity index (χ2v) is 7.61. The lowest BCUT2D eigenvalue weighted by molar-refractivity contribution is -0.118. The predicted octanol–water partition coefficient (Wildman–Crippen LogP) is 4.42. The fraction of sp³-hybridized carbons (Fsp3) is 0.200. The zero-order valence-corrected chi connectivity index (χ0v) is 16.4. The number of carbonyl (C=O) groups excluding carboxylic acids is 1. The molecule has 0 bridgehead atoms. The lowest BCUT2D eigenvalue weighted by atomic mass is 9.80. The second kappa shape index (κ2) is 9.27. The Morgan fingerprint density at radius 3 is 2.54 bits per heavy atom. The molecule has 146 valence electrons. The van der Waals surface area contributed by atoms with Crippen molar-refractivity contribution in [3.63, 3.8) is 0 Å². The van der Waals surface area contributed by atoms with Crippen molar-refractivity contribution in [3.8, 4) is 0 Å². The average Bonchev–Trinajstić information content (AvgIpc) is 2.63. The van der Waals surface area contributed by atoms with Crippen LogP contribution >= 0.6 is 11.8 Å². The van der Waals surface area contributed by atoms with Crippen LogP contribution in [0, 0.1) is 16.6 Å². The number of amidine groups is 1. The highest BCUT2D eigenvalue weighted by molar-refractivity contribution is 8.24. The monoisotopic (exact) mass is 399 g/mol. The molecule has 2 aromatic carbocycles. The molecule has 0 aliphatic carbocycles. The van der Waals surface area contributed by atoms with E-state index < -0.39 is 5.41 Å². The van der Waals surface area contributed by atoms with Gasteiger partial charge in [-0.25, -0.2) is 4.39 Å². The highest BCUT2D eigenvalue weighted by atomic mass is 32.2. The molecule has 5 N–H and O–H groups in total. The molecule has 0 aliphatic rings. The van der Waals surface area contributed by atoms with Crippen LogP contribution in [0.15, 0.2) is 47.5 Å². The van der Waals surface area contributed by atoms with Crippen LogP contribution in [0.4, 0.5) is 15.8 Å². The van der Waals surface area contributed by atoms with Gasteiger partial charge in [0.15, 0.2) is 5.17 Å². The Hall–Kier alpha value is -3.00. The van der Waals surface area contributed by atoms with Gasteiger partial charge in [0.05, 0.1) is 5.55 Å². The summed E-state index contributed by atoms with van der Waals surface area (Å²) in [7, 11) is 0. The van der Waals surface area contributed by atoms with Crippen LogP contribution < -0.4 is 11.1 Å². The first kappa shape index (κ1) is 21.3. The molecule has 2 aromatic rings. The van der Waals surface area contributed by atoms with Crippen molar-refractivity contribution in [1.29, 1.82) is 10.8 Å². The van der Waals surface area contributed by atoms with E-state index in [1.807, 2.05) is 32.0 Å². The molecule has 2 rings (SSSR count). The number of aliphatic imine (C=N–C) groups is 1. The largest absolute Gasteiger partial charge is 0.378 e. The van der Waals surface area contributed by atoms with E-state index in [0.717, 1.165) is 22.9 Å². The molecule has 6 nitrogen and oxygen atoms in total. The van der Waals surface area contributed by atoms with Gasteiger partial charge in [0, 0.05) is 29.6 Å². The summed E-state index contributed by atoms with van der Waals surface area (Å²) in [6, 6.07) is 11.5. The highest BCUT2D eigenvalue weighted by Crippen LogP contribution is 2.31. The van der Waals surface area contributed by atoms with E-state index in [0.29, 0.717) is 16.9 Å². The van der Waals surface area contributed by atoms with Crippen LogP contribution in [-0.2, 0) is 10.2 Å². The van der Waals surface area contributed by atoms with Crippen LogP contribution in [0.25, 0.3) is 0 Å². The number of anilines is 2. The van der Waals surface area contributed by atoms with E-state index in [1.54, 1.807) is 12.1 Å². The molecule has 0 radical (unpaired) electrons. The Morgan fingerprint density at radius 1 is 1.25 bits per heavy atom. The average molecular weight is 399 g/mol.